The van der Waals surface area contributed by atoms with Crippen LogP contribution in [0.5, 0.6) is 0 Å². The molecular formula is C7H10N2O3. The monoisotopic (exact) mass is 170 g/mol. The molecule has 1 amide bonds. The van der Waals surface area contributed by atoms with E-state index in [0.717, 1.165) is 12.8 Å². The van der Waals surface area contributed by atoms with E-state index in [2.05, 4.69) is 5.16 Å². The van der Waals surface area contributed by atoms with Crippen LogP contribution in [0.4, 0.5) is 4.79 Å². The van der Waals surface area contributed by atoms with Gasteiger partial charge in [-0.2, -0.15) is 0 Å². The van der Waals surface area contributed by atoms with E-state index < -0.39 is 6.09 Å². The maximum absolute atomic E-state index is 10.6. The van der Waals surface area contributed by atoms with E-state index in [0.29, 0.717) is 18.2 Å². The van der Waals surface area contributed by atoms with Gasteiger partial charge in [-0.3, -0.25) is 4.90 Å². The van der Waals surface area contributed by atoms with Gasteiger partial charge in [-0.1, -0.05) is 5.16 Å². The Morgan fingerprint density at radius 3 is 2.92 bits per heavy atom. The number of hydrogen-bond donors (Lipinski definition) is 2. The Hall–Kier alpha value is -1.26. The summed E-state index contributed by atoms with van der Waals surface area (Å²) in [5, 5.41) is 20.4. The largest absolute Gasteiger partial charge is 0.465 e. The van der Waals surface area contributed by atoms with Crippen molar-refractivity contribution in [3.05, 3.63) is 0 Å². The Balaban J connectivity index is 2.20. The van der Waals surface area contributed by atoms with Gasteiger partial charge in [-0.15, -0.1) is 0 Å². The summed E-state index contributed by atoms with van der Waals surface area (Å²) in [7, 11) is 0. The molecule has 1 saturated carbocycles. The molecule has 2 atom stereocenters. The number of likely N-dealkylation sites (tertiary alicyclic amines) is 1. The number of hydrogen-bond acceptors (Lipinski definition) is 3. The van der Waals surface area contributed by atoms with Crippen molar-refractivity contribution in [1.82, 2.24) is 4.90 Å². The van der Waals surface area contributed by atoms with Crippen molar-refractivity contribution in [2.24, 2.45) is 11.1 Å². The minimum Gasteiger partial charge on any atom is -0.465 e. The molecule has 1 heterocycles. The number of oxime groups is 1. The lowest BCUT2D eigenvalue weighted by atomic mass is 10.1. The van der Waals surface area contributed by atoms with Gasteiger partial charge in [0.2, 0.25) is 0 Å². The first-order valence-corrected chi connectivity index (χ1v) is 3.92. The number of carbonyl (C=O) groups is 1. The van der Waals surface area contributed by atoms with Gasteiger partial charge in [0.05, 0.1) is 11.8 Å². The van der Waals surface area contributed by atoms with E-state index >= 15 is 0 Å². The Bertz CT molecular complexity index is 251. The van der Waals surface area contributed by atoms with Crippen molar-refractivity contribution in [3.63, 3.8) is 0 Å². The van der Waals surface area contributed by atoms with Crippen molar-refractivity contribution in [2.75, 3.05) is 6.54 Å². The molecule has 2 bridgehead atoms. The third-order valence-corrected chi connectivity index (χ3v) is 2.64. The number of rotatable bonds is 0. The molecule has 2 fully saturated rings. The average molecular weight is 170 g/mol. The van der Waals surface area contributed by atoms with Crippen LogP contribution in [0.3, 0.4) is 0 Å². The Kier molecular flexibility index (Phi) is 1.46. The van der Waals surface area contributed by atoms with Gasteiger partial charge < -0.3 is 10.3 Å². The van der Waals surface area contributed by atoms with E-state index in [1.165, 1.54) is 4.90 Å². The SMILES string of the molecule is O=C(O)N1CC2CC(=NO)C1C2. The zero-order valence-corrected chi connectivity index (χ0v) is 6.47. The minimum atomic E-state index is -0.914. The zero-order chi connectivity index (χ0) is 8.72. The smallest absolute Gasteiger partial charge is 0.407 e. The standard InChI is InChI=1S/C7H10N2O3/c10-7(11)9-3-4-1-5(8-12)6(9)2-4/h4,6,12H,1-3H2,(H,10,11). The molecule has 0 aromatic heterocycles. The molecule has 0 radical (unpaired) electrons. The molecule has 2 unspecified atom stereocenters. The van der Waals surface area contributed by atoms with Crippen LogP contribution in [0.2, 0.25) is 0 Å². The van der Waals surface area contributed by atoms with Crippen LogP contribution < -0.4 is 0 Å². The van der Waals surface area contributed by atoms with Gasteiger partial charge in [0, 0.05) is 6.54 Å². The van der Waals surface area contributed by atoms with Gasteiger partial charge in [-0.05, 0) is 18.8 Å². The van der Waals surface area contributed by atoms with Gasteiger partial charge >= 0.3 is 6.09 Å². The van der Waals surface area contributed by atoms with E-state index in [-0.39, 0.29) is 6.04 Å². The predicted octanol–water partition coefficient (Wildman–Crippen LogP) is 0.589. The van der Waals surface area contributed by atoms with Gasteiger partial charge in [0.15, 0.2) is 0 Å². The summed E-state index contributed by atoms with van der Waals surface area (Å²) < 4.78 is 0. The molecule has 66 valence electrons. The molecule has 1 aliphatic heterocycles. The topological polar surface area (TPSA) is 73.1 Å². The third-order valence-electron chi connectivity index (χ3n) is 2.64. The van der Waals surface area contributed by atoms with Gasteiger partial charge in [0.1, 0.15) is 0 Å². The summed E-state index contributed by atoms with van der Waals surface area (Å²) in [5.41, 5.74) is 0.619. The van der Waals surface area contributed by atoms with Crippen molar-refractivity contribution in [1.29, 1.82) is 0 Å². The quantitative estimate of drug-likeness (QED) is 0.412. The number of nitrogens with zero attached hydrogens (tertiary/aromatic N) is 2. The first kappa shape index (κ1) is 7.39. The fourth-order valence-corrected chi connectivity index (χ4v) is 2.14. The molecule has 2 rings (SSSR count). The Morgan fingerprint density at radius 1 is 1.67 bits per heavy atom. The first-order chi connectivity index (χ1) is 5.72. The second kappa shape index (κ2) is 2.36. The molecule has 1 saturated heterocycles. The van der Waals surface area contributed by atoms with Crippen LogP contribution in [0.1, 0.15) is 12.8 Å². The molecule has 5 heteroatoms. The number of amides is 1. The van der Waals surface area contributed by atoms with E-state index in [1.54, 1.807) is 0 Å². The summed E-state index contributed by atoms with van der Waals surface area (Å²) in [5.74, 6) is 0.372. The van der Waals surface area contributed by atoms with Crippen LogP contribution in [0.15, 0.2) is 5.16 Å². The highest BCUT2D eigenvalue weighted by atomic mass is 16.4. The molecular weight excluding hydrogens is 160 g/mol. The summed E-state index contributed by atoms with van der Waals surface area (Å²) in [6.07, 6.45) is 0.666. The minimum absolute atomic E-state index is 0.155. The summed E-state index contributed by atoms with van der Waals surface area (Å²) in [6.45, 7) is 0.596. The molecule has 1 aliphatic carbocycles. The van der Waals surface area contributed by atoms with Crippen molar-refractivity contribution in [3.8, 4) is 0 Å². The van der Waals surface area contributed by atoms with Crippen LogP contribution in [-0.2, 0) is 0 Å². The summed E-state index contributed by atoms with van der Waals surface area (Å²) >= 11 is 0. The molecule has 5 nitrogen and oxygen atoms in total. The normalized spacial score (nSPS) is 36.3. The second-order valence-electron chi connectivity index (χ2n) is 3.35. The molecule has 12 heavy (non-hydrogen) atoms. The first-order valence-electron chi connectivity index (χ1n) is 3.92. The summed E-state index contributed by atoms with van der Waals surface area (Å²) in [6, 6.07) is -0.155. The maximum atomic E-state index is 10.6. The van der Waals surface area contributed by atoms with E-state index in [4.69, 9.17) is 10.3 Å². The van der Waals surface area contributed by atoms with Crippen molar-refractivity contribution in [2.45, 2.75) is 18.9 Å². The van der Waals surface area contributed by atoms with Crippen molar-refractivity contribution >= 4 is 11.8 Å². The fourth-order valence-electron chi connectivity index (χ4n) is 2.14. The lowest BCUT2D eigenvalue weighted by molar-refractivity contribution is 0.145. The molecule has 2 aliphatic rings. The lowest BCUT2D eigenvalue weighted by Crippen LogP contribution is -2.41. The lowest BCUT2D eigenvalue weighted by Gasteiger charge is -2.24. The van der Waals surface area contributed by atoms with Crippen molar-refractivity contribution < 1.29 is 15.1 Å². The molecule has 0 aromatic rings. The van der Waals surface area contributed by atoms with Crippen LogP contribution in [-0.4, -0.2) is 39.6 Å². The second-order valence-corrected chi connectivity index (χ2v) is 3.35. The van der Waals surface area contributed by atoms with Crippen LogP contribution >= 0.6 is 0 Å². The Morgan fingerprint density at radius 2 is 2.42 bits per heavy atom. The number of fused-ring (bicyclic) bond motifs is 2. The highest BCUT2D eigenvalue weighted by Crippen LogP contribution is 2.35. The zero-order valence-electron chi connectivity index (χ0n) is 6.47. The van der Waals surface area contributed by atoms with E-state index in [9.17, 15) is 4.79 Å². The van der Waals surface area contributed by atoms with E-state index in [1.807, 2.05) is 0 Å². The molecule has 0 spiro atoms. The molecule has 2 N–H and O–H groups in total. The number of piperidine rings is 1. The van der Waals surface area contributed by atoms with Crippen LogP contribution in [0.25, 0.3) is 0 Å². The van der Waals surface area contributed by atoms with Gasteiger partial charge in [-0.25, -0.2) is 4.79 Å². The fraction of sp³-hybridized carbons (Fsp3) is 0.714. The molecule has 0 aromatic carbocycles. The summed E-state index contributed by atoms with van der Waals surface area (Å²) in [4.78, 5) is 12.0. The maximum Gasteiger partial charge on any atom is 0.407 e. The van der Waals surface area contributed by atoms with Gasteiger partial charge in [0.25, 0.3) is 0 Å². The van der Waals surface area contributed by atoms with Crippen LogP contribution in [0, 0.1) is 5.92 Å². The predicted molar refractivity (Wildman–Crippen MR) is 40.5 cm³/mol. The highest BCUT2D eigenvalue weighted by Gasteiger charge is 2.45. The average Bonchev–Trinajstić information content (AvgIpc) is 2.60. The number of carboxylic acid groups (broad SMARTS) is 1. The highest BCUT2D eigenvalue weighted by molar-refractivity contribution is 5.94. The Labute approximate surface area is 69.3 Å². The third kappa shape index (κ3) is 0.855.